The highest BCUT2D eigenvalue weighted by Gasteiger charge is 2.23. The molecule has 4 rings (SSSR count). The fourth-order valence-corrected chi connectivity index (χ4v) is 5.82. The number of nitrogens with zero attached hydrogens (tertiary/aromatic N) is 2. The van der Waals surface area contributed by atoms with E-state index >= 15 is 0 Å². The number of phenolic OH excluding ortho intramolecular Hbond substituents is 1. The minimum absolute atomic E-state index is 0.0307. The molecule has 0 aliphatic rings. The molecule has 8 heteroatoms. The van der Waals surface area contributed by atoms with Crippen LogP contribution in [0.5, 0.6) is 5.75 Å². The molecule has 1 amide bonds. The predicted molar refractivity (Wildman–Crippen MR) is 139 cm³/mol. The van der Waals surface area contributed by atoms with Crippen LogP contribution in [0.2, 0.25) is 5.02 Å². The second-order valence-corrected chi connectivity index (χ2v) is 10.7. The molecule has 0 spiro atoms. The number of carbonyl (C=O) groups excluding carboxylic acids is 1. The summed E-state index contributed by atoms with van der Waals surface area (Å²) in [5.41, 5.74) is 5.04. The zero-order valence-electron chi connectivity index (χ0n) is 18.8. The van der Waals surface area contributed by atoms with Crippen molar-refractivity contribution in [2.24, 2.45) is 0 Å². The molecule has 0 radical (unpaired) electrons. The van der Waals surface area contributed by atoms with Crippen molar-refractivity contribution < 1.29 is 9.90 Å². The Kier molecular flexibility index (Phi) is 6.93. The molecule has 0 bridgehead atoms. The molecule has 1 unspecified atom stereocenters. The highest BCUT2D eigenvalue weighted by atomic mass is 35.5. The molecule has 4 aromatic rings. The van der Waals surface area contributed by atoms with Gasteiger partial charge in [0, 0.05) is 15.5 Å². The average Bonchev–Trinajstić information content (AvgIpc) is 3.18. The molecule has 2 aromatic heterocycles. The number of phenols is 1. The monoisotopic (exact) mass is 497 g/mol. The first-order valence-electron chi connectivity index (χ1n) is 10.6. The number of nitrogens with one attached hydrogen (secondary N) is 1. The van der Waals surface area contributed by atoms with Gasteiger partial charge in [0.1, 0.15) is 21.9 Å². The van der Waals surface area contributed by atoms with Crippen LogP contribution >= 0.6 is 34.7 Å². The number of aromatic hydroxyl groups is 1. The number of fused-ring (bicyclic) bond motifs is 1. The van der Waals surface area contributed by atoms with Crippen molar-refractivity contribution in [2.45, 2.75) is 44.4 Å². The Morgan fingerprint density at radius 3 is 2.70 bits per heavy atom. The number of aromatic nitrogens is 2. The fraction of sp³-hybridized carbons (Fsp3) is 0.240. The number of thioether (sulfide) groups is 1. The summed E-state index contributed by atoms with van der Waals surface area (Å²) in [6, 6.07) is 11.0. The number of hydrogen-bond acceptors (Lipinski definition) is 6. The molecular weight excluding hydrogens is 474 g/mol. The van der Waals surface area contributed by atoms with E-state index in [4.69, 9.17) is 11.6 Å². The summed E-state index contributed by atoms with van der Waals surface area (Å²) >= 11 is 9.06. The van der Waals surface area contributed by atoms with Crippen LogP contribution in [0.4, 0.5) is 5.69 Å². The Balaban J connectivity index is 1.70. The van der Waals surface area contributed by atoms with Crippen LogP contribution in [0.1, 0.15) is 29.9 Å². The van der Waals surface area contributed by atoms with Gasteiger partial charge in [-0.2, -0.15) is 0 Å². The van der Waals surface area contributed by atoms with E-state index in [1.54, 1.807) is 23.7 Å². The number of carbonyl (C=O) groups is 1. The van der Waals surface area contributed by atoms with Gasteiger partial charge in [0.05, 0.1) is 16.3 Å². The topological polar surface area (TPSA) is 75.1 Å². The van der Waals surface area contributed by atoms with E-state index in [1.165, 1.54) is 39.9 Å². The largest absolute Gasteiger partial charge is 0.506 e. The Morgan fingerprint density at radius 2 is 1.97 bits per heavy atom. The first-order valence-corrected chi connectivity index (χ1v) is 12.7. The zero-order valence-corrected chi connectivity index (χ0v) is 21.2. The Morgan fingerprint density at radius 1 is 1.18 bits per heavy atom. The van der Waals surface area contributed by atoms with Gasteiger partial charge >= 0.3 is 0 Å². The maximum atomic E-state index is 12.9. The van der Waals surface area contributed by atoms with Crippen LogP contribution in [0.15, 0.2) is 47.8 Å². The number of anilines is 1. The number of thiophene rings is 1. The van der Waals surface area contributed by atoms with Gasteiger partial charge in [-0.3, -0.25) is 4.79 Å². The first kappa shape index (κ1) is 23.5. The molecule has 0 saturated carbocycles. The van der Waals surface area contributed by atoms with Gasteiger partial charge in [-0.15, -0.1) is 11.3 Å². The van der Waals surface area contributed by atoms with E-state index in [2.05, 4.69) is 54.3 Å². The molecule has 0 aliphatic carbocycles. The molecule has 5 nitrogen and oxygen atoms in total. The number of amides is 1. The second-order valence-electron chi connectivity index (χ2n) is 7.82. The van der Waals surface area contributed by atoms with E-state index < -0.39 is 5.25 Å². The smallest absolute Gasteiger partial charge is 0.237 e. The molecular formula is C25H24ClN3O2S2. The lowest BCUT2D eigenvalue weighted by atomic mass is 9.98. The summed E-state index contributed by atoms with van der Waals surface area (Å²) in [6.07, 6.45) is 2.44. The fourth-order valence-electron chi connectivity index (χ4n) is 3.56. The second kappa shape index (κ2) is 9.71. The van der Waals surface area contributed by atoms with Crippen LogP contribution in [-0.4, -0.2) is 26.2 Å². The number of rotatable bonds is 6. The maximum absolute atomic E-state index is 12.9. The number of aryl methyl sites for hydroxylation is 3. The van der Waals surface area contributed by atoms with E-state index in [0.717, 1.165) is 32.8 Å². The third kappa shape index (κ3) is 4.86. The molecule has 170 valence electrons. The molecule has 2 heterocycles. The Labute approximate surface area is 206 Å². The van der Waals surface area contributed by atoms with Gasteiger partial charge in [0.15, 0.2) is 0 Å². The van der Waals surface area contributed by atoms with Crippen LogP contribution in [0.3, 0.4) is 0 Å². The Bertz CT molecular complexity index is 1350. The van der Waals surface area contributed by atoms with Gasteiger partial charge < -0.3 is 10.4 Å². The van der Waals surface area contributed by atoms with Crippen LogP contribution < -0.4 is 5.32 Å². The lowest BCUT2D eigenvalue weighted by Gasteiger charge is -2.14. The van der Waals surface area contributed by atoms with Crippen molar-refractivity contribution in [3.8, 4) is 16.9 Å². The summed E-state index contributed by atoms with van der Waals surface area (Å²) in [5.74, 6) is -0.278. The average molecular weight is 498 g/mol. The van der Waals surface area contributed by atoms with Crippen molar-refractivity contribution in [1.82, 2.24) is 9.97 Å². The Hall–Kier alpha value is -2.61. The summed E-state index contributed by atoms with van der Waals surface area (Å²) in [5, 5.41) is 14.5. The van der Waals surface area contributed by atoms with Gasteiger partial charge in [-0.1, -0.05) is 48.5 Å². The normalized spacial score (nSPS) is 12.2. The summed E-state index contributed by atoms with van der Waals surface area (Å²) < 4.78 is 0. The van der Waals surface area contributed by atoms with Crippen LogP contribution in [0.25, 0.3) is 21.3 Å². The van der Waals surface area contributed by atoms with Crippen LogP contribution in [0, 0.1) is 13.8 Å². The summed E-state index contributed by atoms with van der Waals surface area (Å²) in [4.78, 5) is 24.1. The van der Waals surface area contributed by atoms with Crippen molar-refractivity contribution in [3.63, 3.8) is 0 Å². The number of halogens is 1. The highest BCUT2D eigenvalue weighted by Crippen LogP contribution is 2.43. The van der Waals surface area contributed by atoms with Crippen LogP contribution in [-0.2, 0) is 11.2 Å². The number of benzene rings is 2. The summed E-state index contributed by atoms with van der Waals surface area (Å²) in [7, 11) is 0. The number of hydrogen-bond donors (Lipinski definition) is 2. The first-order chi connectivity index (χ1) is 15.8. The van der Waals surface area contributed by atoms with Crippen molar-refractivity contribution in [2.75, 3.05) is 5.32 Å². The van der Waals surface area contributed by atoms with Crippen molar-refractivity contribution in [1.29, 1.82) is 0 Å². The van der Waals surface area contributed by atoms with Gasteiger partial charge in [0.25, 0.3) is 0 Å². The third-order valence-electron chi connectivity index (χ3n) is 5.52. The third-order valence-corrected chi connectivity index (χ3v) is 8.09. The standard InChI is InChI=1S/C25H24ClN3O2S2/c1-5-20-21(16-7-6-13(2)14(3)10-16)22-24(27-12-28-25(22)33-20)32-15(4)23(31)29-18-11-17(26)8-9-19(18)30/h6-12,15,30H,5H2,1-4H3,(H,29,31). The van der Waals surface area contributed by atoms with Gasteiger partial charge in [-0.25, -0.2) is 9.97 Å². The quantitative estimate of drug-likeness (QED) is 0.170. The van der Waals surface area contributed by atoms with Crippen molar-refractivity contribution >= 4 is 56.5 Å². The van der Waals surface area contributed by atoms with Gasteiger partial charge in [-0.05, 0) is 62.1 Å². The minimum Gasteiger partial charge on any atom is -0.506 e. The van der Waals surface area contributed by atoms with E-state index in [9.17, 15) is 9.90 Å². The molecule has 0 fully saturated rings. The maximum Gasteiger partial charge on any atom is 0.237 e. The van der Waals surface area contributed by atoms with E-state index in [0.29, 0.717) is 5.02 Å². The lowest BCUT2D eigenvalue weighted by molar-refractivity contribution is -0.115. The molecule has 0 aliphatic heterocycles. The predicted octanol–water partition coefficient (Wildman–Crippen LogP) is 7.02. The highest BCUT2D eigenvalue weighted by molar-refractivity contribution is 8.00. The molecule has 2 N–H and O–H groups in total. The lowest BCUT2D eigenvalue weighted by Crippen LogP contribution is -2.22. The van der Waals surface area contributed by atoms with E-state index in [1.807, 2.05) is 6.92 Å². The molecule has 0 saturated heterocycles. The van der Waals surface area contributed by atoms with Gasteiger partial charge in [0.2, 0.25) is 5.91 Å². The van der Waals surface area contributed by atoms with Crippen molar-refractivity contribution in [3.05, 3.63) is 63.8 Å². The molecule has 2 aromatic carbocycles. The minimum atomic E-state index is -0.459. The molecule has 1 atom stereocenters. The summed E-state index contributed by atoms with van der Waals surface area (Å²) in [6.45, 7) is 8.18. The zero-order chi connectivity index (χ0) is 23.7. The SMILES string of the molecule is CCc1sc2ncnc(SC(C)C(=O)Nc3cc(Cl)ccc3O)c2c1-c1ccc(C)c(C)c1. The van der Waals surface area contributed by atoms with E-state index in [-0.39, 0.29) is 17.3 Å². The molecule has 33 heavy (non-hydrogen) atoms.